The quantitative estimate of drug-likeness (QED) is 0.574. The van der Waals surface area contributed by atoms with Gasteiger partial charge in [0.1, 0.15) is 0 Å². The third-order valence-electron chi connectivity index (χ3n) is 3.90. The van der Waals surface area contributed by atoms with Crippen molar-refractivity contribution in [3.05, 3.63) is 65.4 Å². The largest absolute Gasteiger partial charge is 0.378 e. The minimum absolute atomic E-state index is 0.971. The average Bonchev–Trinajstić information content (AvgIpc) is 2.54. The summed E-state index contributed by atoms with van der Waals surface area (Å²) in [6.45, 7) is 4.07. The molecule has 0 aliphatic carbocycles. The van der Waals surface area contributed by atoms with Gasteiger partial charge in [-0.1, -0.05) is 24.3 Å². The summed E-state index contributed by atoms with van der Waals surface area (Å²) in [7, 11) is 4.06. The number of benzene rings is 2. The number of pyridine rings is 1. The van der Waals surface area contributed by atoms with Crippen molar-refractivity contribution < 1.29 is 0 Å². The first-order chi connectivity index (χ1) is 11.5. The molecule has 1 aromatic heterocycles. The van der Waals surface area contributed by atoms with Gasteiger partial charge in [-0.2, -0.15) is 5.10 Å². The summed E-state index contributed by atoms with van der Waals surface area (Å²) in [4.78, 5) is 6.67. The van der Waals surface area contributed by atoms with Gasteiger partial charge in [0, 0.05) is 30.9 Å². The highest BCUT2D eigenvalue weighted by Crippen LogP contribution is 2.24. The molecule has 0 saturated heterocycles. The number of nitrogens with one attached hydrogen (secondary N) is 1. The van der Waals surface area contributed by atoms with E-state index in [-0.39, 0.29) is 0 Å². The Kier molecular flexibility index (Phi) is 4.47. The Morgan fingerprint density at radius 2 is 1.75 bits per heavy atom. The van der Waals surface area contributed by atoms with Crippen molar-refractivity contribution in [3.63, 3.8) is 0 Å². The smallest absolute Gasteiger partial charge is 0.0729 e. The van der Waals surface area contributed by atoms with Crippen LogP contribution in [0.2, 0.25) is 0 Å². The number of nitrogens with zero attached hydrogens (tertiary/aromatic N) is 3. The molecule has 0 amide bonds. The first-order valence-corrected chi connectivity index (χ1v) is 7.97. The van der Waals surface area contributed by atoms with E-state index in [0.717, 1.165) is 27.8 Å². The Hall–Kier alpha value is -2.88. The van der Waals surface area contributed by atoms with Gasteiger partial charge >= 0.3 is 0 Å². The molecule has 0 radical (unpaired) electrons. The predicted octanol–water partition coefficient (Wildman–Crippen LogP) is 4.36. The molecule has 0 saturated carbocycles. The van der Waals surface area contributed by atoms with Gasteiger partial charge in [-0.15, -0.1) is 0 Å². The van der Waals surface area contributed by atoms with E-state index in [0.29, 0.717) is 0 Å². The maximum Gasteiger partial charge on any atom is 0.0729 e. The minimum atomic E-state index is 0.971. The van der Waals surface area contributed by atoms with E-state index in [4.69, 9.17) is 0 Å². The second-order valence-electron chi connectivity index (χ2n) is 6.19. The third kappa shape index (κ3) is 3.54. The van der Waals surface area contributed by atoms with Crippen molar-refractivity contribution in [1.82, 2.24) is 4.98 Å². The fourth-order valence-electron chi connectivity index (χ4n) is 2.60. The number of rotatable bonds is 4. The molecule has 2 aromatic carbocycles. The van der Waals surface area contributed by atoms with Gasteiger partial charge in [0.2, 0.25) is 0 Å². The molecule has 0 atom stereocenters. The number of aromatic nitrogens is 1. The lowest BCUT2D eigenvalue weighted by molar-refractivity contribution is 1.13. The van der Waals surface area contributed by atoms with E-state index in [2.05, 4.69) is 69.8 Å². The number of hydrazone groups is 1. The van der Waals surface area contributed by atoms with Crippen molar-refractivity contribution in [2.45, 2.75) is 13.8 Å². The molecule has 0 bridgehead atoms. The van der Waals surface area contributed by atoms with Crippen LogP contribution in [0.25, 0.3) is 10.9 Å². The second-order valence-corrected chi connectivity index (χ2v) is 6.19. The highest BCUT2D eigenvalue weighted by atomic mass is 15.3. The number of fused-ring (bicyclic) bond motifs is 1. The van der Waals surface area contributed by atoms with E-state index in [1.807, 2.05) is 33.3 Å². The highest BCUT2D eigenvalue weighted by Gasteiger charge is 2.03. The van der Waals surface area contributed by atoms with Crippen LogP contribution in [0.1, 0.15) is 16.8 Å². The van der Waals surface area contributed by atoms with Gasteiger partial charge in [-0.25, -0.2) is 0 Å². The normalized spacial score (nSPS) is 11.2. The fourth-order valence-corrected chi connectivity index (χ4v) is 2.60. The third-order valence-corrected chi connectivity index (χ3v) is 3.90. The molecule has 24 heavy (non-hydrogen) atoms. The van der Waals surface area contributed by atoms with E-state index in [1.165, 1.54) is 11.3 Å². The minimum Gasteiger partial charge on any atom is -0.378 e. The van der Waals surface area contributed by atoms with Crippen LogP contribution in [-0.2, 0) is 0 Å². The topological polar surface area (TPSA) is 40.5 Å². The molecule has 1 N–H and O–H groups in total. The van der Waals surface area contributed by atoms with Gasteiger partial charge in [-0.05, 0) is 49.2 Å². The van der Waals surface area contributed by atoms with Crippen LogP contribution in [0, 0.1) is 13.8 Å². The molecule has 122 valence electrons. The molecule has 0 unspecified atom stereocenters. The standard InChI is InChI=1S/C20H22N4/c1-14-5-10-18-19(11-14)22-15(2)12-20(18)23-21-13-16-6-8-17(9-7-16)24(3)4/h5-13H,1-4H3,(H,22,23)/b21-13+. The summed E-state index contributed by atoms with van der Waals surface area (Å²) >= 11 is 0. The molecule has 3 aromatic rings. The molecule has 0 spiro atoms. The van der Waals surface area contributed by atoms with Crippen molar-refractivity contribution in [3.8, 4) is 0 Å². The fraction of sp³-hybridized carbons (Fsp3) is 0.200. The summed E-state index contributed by atoms with van der Waals surface area (Å²) in [6.07, 6.45) is 1.83. The molecular formula is C20H22N4. The Bertz CT molecular complexity index is 875. The van der Waals surface area contributed by atoms with E-state index in [9.17, 15) is 0 Å². The SMILES string of the molecule is Cc1ccc2c(N/N=C/c3ccc(N(C)C)cc3)cc(C)nc2c1. The van der Waals surface area contributed by atoms with Crippen LogP contribution in [-0.4, -0.2) is 25.3 Å². The Labute approximate surface area is 142 Å². The molecular weight excluding hydrogens is 296 g/mol. The van der Waals surface area contributed by atoms with Crippen molar-refractivity contribution >= 4 is 28.5 Å². The summed E-state index contributed by atoms with van der Waals surface area (Å²) in [5, 5.41) is 5.46. The Balaban J connectivity index is 1.82. The predicted molar refractivity (Wildman–Crippen MR) is 103 cm³/mol. The van der Waals surface area contributed by atoms with Crippen molar-refractivity contribution in [2.24, 2.45) is 5.10 Å². The zero-order valence-corrected chi connectivity index (χ0v) is 14.5. The van der Waals surface area contributed by atoms with E-state index >= 15 is 0 Å². The number of hydrogen-bond donors (Lipinski definition) is 1. The van der Waals surface area contributed by atoms with Crippen LogP contribution in [0.5, 0.6) is 0 Å². The lowest BCUT2D eigenvalue weighted by atomic mass is 10.1. The lowest BCUT2D eigenvalue weighted by Gasteiger charge is -2.11. The molecule has 0 aliphatic heterocycles. The van der Waals surface area contributed by atoms with Gasteiger partial charge < -0.3 is 4.90 Å². The van der Waals surface area contributed by atoms with Crippen LogP contribution in [0.15, 0.2) is 53.6 Å². The van der Waals surface area contributed by atoms with Gasteiger partial charge in [-0.3, -0.25) is 10.4 Å². The maximum absolute atomic E-state index is 4.59. The van der Waals surface area contributed by atoms with Gasteiger partial charge in [0.05, 0.1) is 17.4 Å². The van der Waals surface area contributed by atoms with E-state index < -0.39 is 0 Å². The second kappa shape index (κ2) is 6.71. The number of aryl methyl sites for hydroxylation is 2. The molecule has 4 nitrogen and oxygen atoms in total. The molecule has 4 heteroatoms. The van der Waals surface area contributed by atoms with Crippen LogP contribution in [0.4, 0.5) is 11.4 Å². The van der Waals surface area contributed by atoms with Gasteiger partial charge in [0.15, 0.2) is 0 Å². The Morgan fingerprint density at radius 1 is 1.00 bits per heavy atom. The zero-order chi connectivity index (χ0) is 17.1. The average molecular weight is 318 g/mol. The monoisotopic (exact) mass is 318 g/mol. The van der Waals surface area contributed by atoms with Crippen LogP contribution in [0.3, 0.4) is 0 Å². The zero-order valence-electron chi connectivity index (χ0n) is 14.5. The van der Waals surface area contributed by atoms with Crippen molar-refractivity contribution in [2.75, 3.05) is 24.4 Å². The van der Waals surface area contributed by atoms with Crippen LogP contribution >= 0.6 is 0 Å². The van der Waals surface area contributed by atoms with E-state index in [1.54, 1.807) is 0 Å². The van der Waals surface area contributed by atoms with Crippen molar-refractivity contribution in [1.29, 1.82) is 0 Å². The molecule has 0 fully saturated rings. The number of anilines is 2. The van der Waals surface area contributed by atoms with Crippen LogP contribution < -0.4 is 10.3 Å². The summed E-state index contributed by atoms with van der Waals surface area (Å²) in [6, 6.07) is 16.6. The molecule has 1 heterocycles. The maximum atomic E-state index is 4.59. The summed E-state index contributed by atoms with van der Waals surface area (Å²) < 4.78 is 0. The van der Waals surface area contributed by atoms with Gasteiger partial charge in [0.25, 0.3) is 0 Å². The molecule has 3 rings (SSSR count). The lowest BCUT2D eigenvalue weighted by Crippen LogP contribution is -2.08. The summed E-state index contributed by atoms with van der Waals surface area (Å²) in [5.74, 6) is 0. The first kappa shape index (κ1) is 16.0. The first-order valence-electron chi connectivity index (χ1n) is 7.97. The number of hydrogen-bond acceptors (Lipinski definition) is 4. The Morgan fingerprint density at radius 3 is 2.46 bits per heavy atom. The molecule has 0 aliphatic rings. The summed E-state index contributed by atoms with van der Waals surface area (Å²) in [5.41, 5.74) is 9.52. The highest BCUT2D eigenvalue weighted by molar-refractivity contribution is 5.92.